The van der Waals surface area contributed by atoms with Gasteiger partial charge in [0.2, 0.25) is 0 Å². The van der Waals surface area contributed by atoms with Gasteiger partial charge in [0.25, 0.3) is 5.91 Å². The topological polar surface area (TPSA) is 76.1 Å². The van der Waals surface area contributed by atoms with Crippen molar-refractivity contribution < 1.29 is 9.53 Å². The van der Waals surface area contributed by atoms with Crippen LogP contribution in [0.15, 0.2) is 23.6 Å². The Labute approximate surface area is 114 Å². The van der Waals surface area contributed by atoms with Crippen molar-refractivity contribution in [3.05, 3.63) is 34.8 Å². The highest BCUT2D eigenvalue weighted by molar-refractivity contribution is 7.03. The number of carbonyl (C=O) groups excluding carboxylic acids is 1. The molecule has 3 rings (SSSR count). The van der Waals surface area contributed by atoms with Crippen molar-refractivity contribution >= 4 is 23.1 Å². The van der Waals surface area contributed by atoms with Crippen LogP contribution in [-0.2, 0) is 6.54 Å². The molecule has 0 unspecified atom stereocenters. The number of nitrogens with zero attached hydrogens (tertiary/aromatic N) is 2. The summed E-state index contributed by atoms with van der Waals surface area (Å²) in [6, 6.07) is 5.60. The molecule has 2 N–H and O–H groups in total. The van der Waals surface area contributed by atoms with Gasteiger partial charge in [-0.2, -0.15) is 0 Å². The van der Waals surface area contributed by atoms with E-state index < -0.39 is 0 Å². The summed E-state index contributed by atoms with van der Waals surface area (Å²) >= 11 is 1.15. The SMILES string of the molecule is O=C(Nc1ccc2c(c1)CNCCO2)c1csnn1. The minimum absolute atomic E-state index is 0.254. The molecule has 1 aliphatic rings. The number of rotatable bonds is 2. The summed E-state index contributed by atoms with van der Waals surface area (Å²) in [4.78, 5) is 11.9. The summed E-state index contributed by atoms with van der Waals surface area (Å²) in [6.07, 6.45) is 0. The summed E-state index contributed by atoms with van der Waals surface area (Å²) in [5.74, 6) is 0.606. The molecule has 0 atom stereocenters. The molecule has 1 amide bonds. The zero-order chi connectivity index (χ0) is 13.1. The number of nitrogens with one attached hydrogen (secondary N) is 2. The third kappa shape index (κ3) is 2.72. The van der Waals surface area contributed by atoms with Crippen LogP contribution in [0.4, 0.5) is 5.69 Å². The molecule has 0 saturated heterocycles. The fourth-order valence-corrected chi connectivity index (χ4v) is 2.29. The number of hydrogen-bond donors (Lipinski definition) is 2. The summed E-state index contributed by atoms with van der Waals surface area (Å²) in [6.45, 7) is 2.21. The zero-order valence-electron chi connectivity index (χ0n) is 10.0. The number of anilines is 1. The Balaban J connectivity index is 1.78. The maximum absolute atomic E-state index is 11.9. The monoisotopic (exact) mass is 276 g/mol. The lowest BCUT2D eigenvalue weighted by atomic mass is 10.1. The molecule has 0 fully saturated rings. The number of aromatic nitrogens is 2. The van der Waals surface area contributed by atoms with Crippen molar-refractivity contribution in [3.8, 4) is 5.75 Å². The van der Waals surface area contributed by atoms with E-state index in [1.165, 1.54) is 0 Å². The highest BCUT2D eigenvalue weighted by Gasteiger charge is 2.12. The average molecular weight is 276 g/mol. The van der Waals surface area contributed by atoms with E-state index in [9.17, 15) is 4.79 Å². The van der Waals surface area contributed by atoms with Crippen LogP contribution < -0.4 is 15.4 Å². The lowest BCUT2D eigenvalue weighted by molar-refractivity contribution is 0.102. The first-order valence-corrected chi connectivity index (χ1v) is 6.71. The fraction of sp³-hybridized carbons (Fsp3) is 0.250. The molecule has 0 bridgehead atoms. The molecular weight excluding hydrogens is 264 g/mol. The number of ether oxygens (including phenoxy) is 1. The number of amides is 1. The van der Waals surface area contributed by atoms with Crippen LogP contribution in [-0.4, -0.2) is 28.6 Å². The quantitative estimate of drug-likeness (QED) is 0.864. The molecule has 1 aromatic heterocycles. The maximum Gasteiger partial charge on any atom is 0.277 e. The molecule has 1 aliphatic heterocycles. The largest absolute Gasteiger partial charge is 0.492 e. The van der Waals surface area contributed by atoms with Gasteiger partial charge in [0, 0.05) is 29.7 Å². The Morgan fingerprint density at radius 2 is 2.42 bits per heavy atom. The Morgan fingerprint density at radius 3 is 3.26 bits per heavy atom. The van der Waals surface area contributed by atoms with Crippen LogP contribution in [0.2, 0.25) is 0 Å². The average Bonchev–Trinajstić information content (AvgIpc) is 2.85. The van der Waals surface area contributed by atoms with Gasteiger partial charge in [-0.25, -0.2) is 0 Å². The Kier molecular flexibility index (Phi) is 3.39. The van der Waals surface area contributed by atoms with Gasteiger partial charge in [-0.15, -0.1) is 5.10 Å². The highest BCUT2D eigenvalue weighted by atomic mass is 32.1. The number of carbonyl (C=O) groups is 1. The van der Waals surface area contributed by atoms with E-state index in [-0.39, 0.29) is 5.91 Å². The van der Waals surface area contributed by atoms with Crippen LogP contribution >= 0.6 is 11.5 Å². The predicted octanol–water partition coefficient (Wildman–Crippen LogP) is 1.27. The third-order valence-corrected chi connectivity index (χ3v) is 3.27. The molecule has 1 aromatic carbocycles. The number of benzene rings is 1. The molecule has 6 nitrogen and oxygen atoms in total. The smallest absolute Gasteiger partial charge is 0.277 e. The molecule has 0 aliphatic carbocycles. The summed E-state index contributed by atoms with van der Waals surface area (Å²) in [5, 5.41) is 11.4. The maximum atomic E-state index is 11.9. The first kappa shape index (κ1) is 12.1. The van der Waals surface area contributed by atoms with E-state index in [1.807, 2.05) is 18.2 Å². The van der Waals surface area contributed by atoms with Crippen molar-refractivity contribution in [2.24, 2.45) is 0 Å². The van der Waals surface area contributed by atoms with E-state index in [4.69, 9.17) is 4.74 Å². The molecule has 19 heavy (non-hydrogen) atoms. The van der Waals surface area contributed by atoms with Crippen molar-refractivity contribution in [2.75, 3.05) is 18.5 Å². The van der Waals surface area contributed by atoms with E-state index in [1.54, 1.807) is 5.38 Å². The summed E-state index contributed by atoms with van der Waals surface area (Å²) in [5.41, 5.74) is 2.09. The van der Waals surface area contributed by atoms with Gasteiger partial charge in [-0.3, -0.25) is 4.79 Å². The normalized spacial score (nSPS) is 14.1. The van der Waals surface area contributed by atoms with Crippen molar-refractivity contribution in [2.45, 2.75) is 6.54 Å². The Hall–Kier alpha value is -1.99. The molecule has 2 aromatic rings. The molecule has 7 heteroatoms. The van der Waals surface area contributed by atoms with Crippen LogP contribution in [0.3, 0.4) is 0 Å². The van der Waals surface area contributed by atoms with Crippen molar-refractivity contribution in [1.82, 2.24) is 14.9 Å². The Morgan fingerprint density at radius 1 is 1.47 bits per heavy atom. The van der Waals surface area contributed by atoms with Crippen LogP contribution in [0.1, 0.15) is 16.1 Å². The van der Waals surface area contributed by atoms with E-state index in [0.29, 0.717) is 12.3 Å². The first-order valence-electron chi connectivity index (χ1n) is 5.88. The van der Waals surface area contributed by atoms with Gasteiger partial charge >= 0.3 is 0 Å². The molecule has 2 heterocycles. The van der Waals surface area contributed by atoms with Gasteiger partial charge in [0.15, 0.2) is 5.69 Å². The van der Waals surface area contributed by atoms with E-state index in [2.05, 4.69) is 20.2 Å². The van der Waals surface area contributed by atoms with Gasteiger partial charge in [-0.05, 0) is 29.7 Å². The van der Waals surface area contributed by atoms with Crippen molar-refractivity contribution in [1.29, 1.82) is 0 Å². The van der Waals surface area contributed by atoms with Crippen molar-refractivity contribution in [3.63, 3.8) is 0 Å². The van der Waals surface area contributed by atoms with Crippen LogP contribution in [0, 0.1) is 0 Å². The van der Waals surface area contributed by atoms with Crippen LogP contribution in [0.5, 0.6) is 5.75 Å². The fourth-order valence-electron chi connectivity index (χ4n) is 1.85. The second-order valence-electron chi connectivity index (χ2n) is 4.09. The third-order valence-electron chi connectivity index (χ3n) is 2.76. The van der Waals surface area contributed by atoms with Gasteiger partial charge in [0.05, 0.1) is 0 Å². The molecule has 0 radical (unpaired) electrons. The minimum Gasteiger partial charge on any atom is -0.492 e. The zero-order valence-corrected chi connectivity index (χ0v) is 10.9. The molecule has 98 valence electrons. The van der Waals surface area contributed by atoms with Crippen LogP contribution in [0.25, 0.3) is 0 Å². The number of fused-ring (bicyclic) bond motifs is 1. The lowest BCUT2D eigenvalue weighted by Crippen LogP contribution is -2.16. The number of hydrogen-bond acceptors (Lipinski definition) is 6. The van der Waals surface area contributed by atoms with Gasteiger partial charge in [-0.1, -0.05) is 4.49 Å². The molecule has 0 saturated carbocycles. The predicted molar refractivity (Wildman–Crippen MR) is 71.5 cm³/mol. The first-order chi connectivity index (χ1) is 9.33. The second-order valence-corrected chi connectivity index (χ2v) is 4.70. The standard InChI is InChI=1S/C12H12N4O2S/c17-12(10-7-19-16-15-10)14-9-1-2-11-8(5-9)6-13-3-4-18-11/h1-2,5,7,13H,3-4,6H2,(H,14,17). The summed E-state index contributed by atoms with van der Waals surface area (Å²) in [7, 11) is 0. The summed E-state index contributed by atoms with van der Waals surface area (Å²) < 4.78 is 9.25. The Bertz CT molecular complexity index is 585. The van der Waals surface area contributed by atoms with E-state index >= 15 is 0 Å². The molecule has 0 spiro atoms. The van der Waals surface area contributed by atoms with Gasteiger partial charge < -0.3 is 15.4 Å². The van der Waals surface area contributed by atoms with E-state index in [0.717, 1.165) is 41.6 Å². The lowest BCUT2D eigenvalue weighted by Gasteiger charge is -2.09. The molecular formula is C12H12N4O2S. The van der Waals surface area contributed by atoms with Gasteiger partial charge in [0.1, 0.15) is 12.4 Å². The minimum atomic E-state index is -0.254. The second kappa shape index (κ2) is 5.33. The highest BCUT2D eigenvalue weighted by Crippen LogP contribution is 2.24.